The highest BCUT2D eigenvalue weighted by Gasteiger charge is 2.44. The van der Waals surface area contributed by atoms with Crippen molar-refractivity contribution in [2.24, 2.45) is 0 Å². The van der Waals surface area contributed by atoms with Gasteiger partial charge in [0.1, 0.15) is 0 Å². The standard InChI is InChI=1S/C14H21NO6S2/c1-10-3-4-11(2)14(7-10)23(20,21)15(5-6-16)12-8-22(18,19)9-13(12)17/h3-4,7,12-13,16-17H,5-6,8-9H2,1-2H3/t12-,13+/m1/s1. The summed E-state index contributed by atoms with van der Waals surface area (Å²) < 4.78 is 50.2. The molecule has 1 aliphatic rings. The van der Waals surface area contributed by atoms with Gasteiger partial charge in [0.15, 0.2) is 9.84 Å². The minimum atomic E-state index is -4.03. The van der Waals surface area contributed by atoms with Crippen LogP contribution in [0.15, 0.2) is 23.1 Å². The van der Waals surface area contributed by atoms with Gasteiger partial charge in [0.25, 0.3) is 0 Å². The van der Waals surface area contributed by atoms with Gasteiger partial charge in [-0.25, -0.2) is 16.8 Å². The molecule has 2 rings (SSSR count). The van der Waals surface area contributed by atoms with Crippen molar-refractivity contribution in [2.45, 2.75) is 30.9 Å². The zero-order valence-corrected chi connectivity index (χ0v) is 14.6. The molecule has 1 aromatic carbocycles. The first-order chi connectivity index (χ1) is 10.6. The molecule has 0 saturated carbocycles. The van der Waals surface area contributed by atoms with Crippen molar-refractivity contribution in [1.29, 1.82) is 0 Å². The second-order valence-corrected chi connectivity index (χ2v) is 9.83. The maximum Gasteiger partial charge on any atom is 0.243 e. The van der Waals surface area contributed by atoms with E-state index in [1.165, 1.54) is 6.07 Å². The Hall–Kier alpha value is -1.00. The van der Waals surface area contributed by atoms with E-state index in [4.69, 9.17) is 0 Å². The number of sulfone groups is 1. The largest absolute Gasteiger partial charge is 0.395 e. The molecule has 2 N–H and O–H groups in total. The lowest BCUT2D eigenvalue weighted by Gasteiger charge is -2.29. The quantitative estimate of drug-likeness (QED) is 0.726. The van der Waals surface area contributed by atoms with E-state index in [-0.39, 0.29) is 11.4 Å². The zero-order valence-electron chi connectivity index (χ0n) is 13.0. The molecule has 130 valence electrons. The third kappa shape index (κ3) is 3.74. The summed E-state index contributed by atoms with van der Waals surface area (Å²) in [6.45, 7) is 2.66. The van der Waals surface area contributed by atoms with Gasteiger partial charge in [-0.1, -0.05) is 12.1 Å². The molecule has 1 aliphatic heterocycles. The average molecular weight is 363 g/mol. The molecule has 0 radical (unpaired) electrons. The lowest BCUT2D eigenvalue weighted by atomic mass is 10.2. The van der Waals surface area contributed by atoms with E-state index < -0.39 is 50.1 Å². The summed E-state index contributed by atoms with van der Waals surface area (Å²) >= 11 is 0. The van der Waals surface area contributed by atoms with Crippen LogP contribution in [-0.2, 0) is 19.9 Å². The maximum atomic E-state index is 12.9. The van der Waals surface area contributed by atoms with E-state index in [9.17, 15) is 27.0 Å². The fourth-order valence-electron chi connectivity index (χ4n) is 2.76. The van der Waals surface area contributed by atoms with Crippen molar-refractivity contribution in [3.8, 4) is 0 Å². The summed E-state index contributed by atoms with van der Waals surface area (Å²) in [7, 11) is -7.54. The molecule has 1 saturated heterocycles. The van der Waals surface area contributed by atoms with Crippen LogP contribution < -0.4 is 0 Å². The van der Waals surface area contributed by atoms with Crippen LogP contribution in [0.5, 0.6) is 0 Å². The highest BCUT2D eigenvalue weighted by Crippen LogP contribution is 2.27. The second kappa shape index (κ2) is 6.48. The van der Waals surface area contributed by atoms with E-state index in [1.54, 1.807) is 26.0 Å². The van der Waals surface area contributed by atoms with Crippen molar-refractivity contribution in [3.63, 3.8) is 0 Å². The van der Waals surface area contributed by atoms with Crippen LogP contribution >= 0.6 is 0 Å². The minimum absolute atomic E-state index is 0.0578. The van der Waals surface area contributed by atoms with E-state index in [2.05, 4.69) is 0 Å². The molecule has 1 fully saturated rings. The third-order valence-electron chi connectivity index (χ3n) is 3.91. The molecule has 0 unspecified atom stereocenters. The summed E-state index contributed by atoms with van der Waals surface area (Å²) in [6, 6.07) is 3.86. The molecule has 1 heterocycles. The highest BCUT2D eigenvalue weighted by molar-refractivity contribution is 7.92. The predicted molar refractivity (Wildman–Crippen MR) is 85.3 cm³/mol. The van der Waals surface area contributed by atoms with Crippen LogP contribution in [0, 0.1) is 13.8 Å². The van der Waals surface area contributed by atoms with Gasteiger partial charge in [-0.05, 0) is 31.0 Å². The first-order valence-electron chi connectivity index (χ1n) is 7.17. The Balaban J connectivity index is 2.50. The second-order valence-electron chi connectivity index (χ2n) is 5.82. The normalized spacial score (nSPS) is 24.2. The predicted octanol–water partition coefficient (Wildman–Crippen LogP) is -0.556. The molecule has 0 aliphatic carbocycles. The lowest BCUT2D eigenvalue weighted by Crippen LogP contribution is -2.48. The molecule has 9 heteroatoms. The SMILES string of the molecule is Cc1ccc(C)c(S(=O)(=O)N(CCO)[C@@H]2CS(=O)(=O)C[C@@H]2O)c1. The number of aryl methyl sites for hydroxylation is 2. The van der Waals surface area contributed by atoms with Gasteiger partial charge in [0.2, 0.25) is 10.0 Å². The number of rotatable bonds is 5. The number of aliphatic hydroxyl groups is 2. The Morgan fingerprint density at radius 1 is 1.26 bits per heavy atom. The summed E-state index contributed by atoms with van der Waals surface area (Å²) in [5.41, 5.74) is 1.27. The van der Waals surface area contributed by atoms with Gasteiger partial charge in [-0.3, -0.25) is 0 Å². The summed E-state index contributed by atoms with van der Waals surface area (Å²) in [6.07, 6.45) is -1.30. The van der Waals surface area contributed by atoms with Gasteiger partial charge in [0.05, 0.1) is 35.2 Å². The zero-order chi connectivity index (χ0) is 17.4. The molecule has 0 spiro atoms. The topological polar surface area (TPSA) is 112 Å². The van der Waals surface area contributed by atoms with Crippen molar-refractivity contribution >= 4 is 19.9 Å². The lowest BCUT2D eigenvalue weighted by molar-refractivity contribution is 0.117. The van der Waals surface area contributed by atoms with Gasteiger partial charge in [0, 0.05) is 6.54 Å². The Morgan fingerprint density at radius 3 is 2.43 bits per heavy atom. The van der Waals surface area contributed by atoms with Crippen LogP contribution in [0.4, 0.5) is 0 Å². The molecule has 23 heavy (non-hydrogen) atoms. The number of nitrogens with zero attached hydrogens (tertiary/aromatic N) is 1. The van der Waals surface area contributed by atoms with Crippen LogP contribution in [0.3, 0.4) is 0 Å². The first-order valence-corrected chi connectivity index (χ1v) is 10.4. The molecular formula is C14H21NO6S2. The minimum Gasteiger partial charge on any atom is -0.395 e. The summed E-state index contributed by atoms with van der Waals surface area (Å²) in [5, 5.41) is 19.2. The molecule has 1 aromatic rings. The first kappa shape index (κ1) is 18.3. The van der Waals surface area contributed by atoms with E-state index in [0.717, 1.165) is 9.87 Å². The molecule has 7 nitrogen and oxygen atoms in total. The van der Waals surface area contributed by atoms with E-state index in [1.807, 2.05) is 0 Å². The Morgan fingerprint density at radius 2 is 1.91 bits per heavy atom. The number of benzene rings is 1. The van der Waals surface area contributed by atoms with Crippen molar-refractivity contribution in [2.75, 3.05) is 24.7 Å². The van der Waals surface area contributed by atoms with Crippen LogP contribution in [0.2, 0.25) is 0 Å². The molecular weight excluding hydrogens is 342 g/mol. The Kier molecular flexibility index (Phi) is 5.17. The van der Waals surface area contributed by atoms with Crippen molar-refractivity contribution in [3.05, 3.63) is 29.3 Å². The molecule has 0 bridgehead atoms. The van der Waals surface area contributed by atoms with Crippen LogP contribution in [0.25, 0.3) is 0 Å². The van der Waals surface area contributed by atoms with Gasteiger partial charge in [-0.15, -0.1) is 0 Å². The Labute approximate surface area is 136 Å². The average Bonchev–Trinajstić information content (AvgIpc) is 2.71. The fraction of sp³-hybridized carbons (Fsp3) is 0.571. The number of sulfonamides is 1. The van der Waals surface area contributed by atoms with Crippen molar-refractivity contribution < 1.29 is 27.0 Å². The number of hydrogen-bond donors (Lipinski definition) is 2. The third-order valence-corrected chi connectivity index (χ3v) is 7.68. The van der Waals surface area contributed by atoms with E-state index in [0.29, 0.717) is 5.56 Å². The number of hydrogen-bond acceptors (Lipinski definition) is 6. The van der Waals surface area contributed by atoms with Crippen LogP contribution in [0.1, 0.15) is 11.1 Å². The smallest absolute Gasteiger partial charge is 0.243 e. The monoisotopic (exact) mass is 363 g/mol. The van der Waals surface area contributed by atoms with Gasteiger partial charge < -0.3 is 10.2 Å². The molecule has 0 aromatic heterocycles. The summed E-state index contributed by atoms with van der Waals surface area (Å²) in [4.78, 5) is 0.0578. The molecule has 2 atom stereocenters. The van der Waals surface area contributed by atoms with E-state index >= 15 is 0 Å². The molecule has 0 amide bonds. The van der Waals surface area contributed by atoms with Crippen molar-refractivity contribution in [1.82, 2.24) is 4.31 Å². The van der Waals surface area contributed by atoms with Crippen LogP contribution in [-0.4, -0.2) is 68.2 Å². The number of aliphatic hydroxyl groups excluding tert-OH is 2. The fourth-order valence-corrected chi connectivity index (χ4v) is 6.61. The Bertz CT molecular complexity index is 787. The van der Waals surface area contributed by atoms with Gasteiger partial charge in [-0.2, -0.15) is 4.31 Å². The summed E-state index contributed by atoms with van der Waals surface area (Å²) in [5.74, 6) is -0.916. The maximum absolute atomic E-state index is 12.9. The highest BCUT2D eigenvalue weighted by atomic mass is 32.2. The van der Waals surface area contributed by atoms with Gasteiger partial charge >= 0.3 is 0 Å².